The fourth-order valence-corrected chi connectivity index (χ4v) is 4.08. The van der Waals surface area contributed by atoms with Gasteiger partial charge in [-0.1, -0.05) is 28.1 Å². The topological polar surface area (TPSA) is 40.5 Å². The van der Waals surface area contributed by atoms with Crippen molar-refractivity contribution in [2.24, 2.45) is 5.92 Å². The summed E-state index contributed by atoms with van der Waals surface area (Å²) in [4.78, 5) is 13.7. The van der Waals surface area contributed by atoms with Crippen LogP contribution >= 0.6 is 15.9 Å². The molecule has 1 N–H and O–H groups in total. The van der Waals surface area contributed by atoms with Gasteiger partial charge in [0.05, 0.1) is 5.92 Å². The molecule has 19 heavy (non-hydrogen) atoms. The maximum atomic E-state index is 11.3. The Morgan fingerprint density at radius 1 is 1.37 bits per heavy atom. The predicted octanol–water partition coefficient (Wildman–Crippen LogP) is 3.45. The van der Waals surface area contributed by atoms with Gasteiger partial charge in [-0.3, -0.25) is 9.69 Å². The first kappa shape index (κ1) is 13.1. The van der Waals surface area contributed by atoms with Crippen molar-refractivity contribution in [2.75, 3.05) is 0 Å². The van der Waals surface area contributed by atoms with Crippen molar-refractivity contribution in [3.05, 3.63) is 34.3 Å². The number of halogens is 1. The Morgan fingerprint density at radius 3 is 2.63 bits per heavy atom. The van der Waals surface area contributed by atoms with E-state index in [1.54, 1.807) is 0 Å². The highest BCUT2D eigenvalue weighted by molar-refractivity contribution is 9.10. The number of carboxylic acid groups (broad SMARTS) is 1. The van der Waals surface area contributed by atoms with Gasteiger partial charge < -0.3 is 5.11 Å². The van der Waals surface area contributed by atoms with Crippen LogP contribution in [0.5, 0.6) is 0 Å². The zero-order valence-corrected chi connectivity index (χ0v) is 12.5. The maximum Gasteiger partial charge on any atom is 0.308 e. The summed E-state index contributed by atoms with van der Waals surface area (Å²) >= 11 is 3.45. The van der Waals surface area contributed by atoms with E-state index in [2.05, 4.69) is 52.0 Å². The molecule has 2 heterocycles. The number of carbonyl (C=O) groups is 1. The molecule has 0 radical (unpaired) electrons. The molecule has 3 rings (SSSR count). The largest absolute Gasteiger partial charge is 0.481 e. The zero-order valence-electron chi connectivity index (χ0n) is 10.9. The van der Waals surface area contributed by atoms with Crippen LogP contribution in [-0.4, -0.2) is 28.1 Å². The molecule has 2 aliphatic rings. The van der Waals surface area contributed by atoms with Crippen molar-refractivity contribution >= 4 is 21.9 Å². The summed E-state index contributed by atoms with van der Waals surface area (Å²) in [5, 5.41) is 9.31. The molecule has 4 unspecified atom stereocenters. The lowest BCUT2D eigenvalue weighted by molar-refractivity contribution is -0.142. The molecule has 2 bridgehead atoms. The Balaban J connectivity index is 1.83. The fourth-order valence-electron chi connectivity index (χ4n) is 3.81. The second kappa shape index (κ2) is 4.91. The quantitative estimate of drug-likeness (QED) is 0.926. The molecular formula is C15H18BrNO2. The molecule has 4 atom stereocenters. The average molecular weight is 324 g/mol. The van der Waals surface area contributed by atoms with Crippen LogP contribution in [0, 0.1) is 5.92 Å². The van der Waals surface area contributed by atoms with E-state index in [4.69, 9.17) is 0 Å². The smallest absolute Gasteiger partial charge is 0.308 e. The van der Waals surface area contributed by atoms with Crippen molar-refractivity contribution in [1.29, 1.82) is 0 Å². The van der Waals surface area contributed by atoms with Gasteiger partial charge in [0.1, 0.15) is 0 Å². The summed E-state index contributed by atoms with van der Waals surface area (Å²) in [6.45, 7) is 2.19. The van der Waals surface area contributed by atoms with Gasteiger partial charge in [0.2, 0.25) is 0 Å². The number of carboxylic acids is 1. The average Bonchev–Trinajstić information content (AvgIpc) is 2.96. The number of nitrogens with zero attached hydrogens (tertiary/aromatic N) is 1. The molecule has 2 fully saturated rings. The van der Waals surface area contributed by atoms with Crippen LogP contribution in [0.3, 0.4) is 0 Å². The van der Waals surface area contributed by atoms with E-state index < -0.39 is 5.97 Å². The lowest BCUT2D eigenvalue weighted by Gasteiger charge is -2.30. The van der Waals surface area contributed by atoms with Crippen molar-refractivity contribution in [2.45, 2.75) is 44.3 Å². The van der Waals surface area contributed by atoms with Crippen LogP contribution in [0.2, 0.25) is 0 Å². The van der Waals surface area contributed by atoms with E-state index in [0.717, 1.165) is 23.7 Å². The summed E-state index contributed by atoms with van der Waals surface area (Å²) < 4.78 is 1.08. The van der Waals surface area contributed by atoms with Crippen LogP contribution < -0.4 is 0 Å². The fraction of sp³-hybridized carbons (Fsp3) is 0.533. The summed E-state index contributed by atoms with van der Waals surface area (Å²) in [5.74, 6) is -0.795. The molecule has 0 amide bonds. The van der Waals surface area contributed by atoms with Crippen LogP contribution in [0.15, 0.2) is 28.7 Å². The van der Waals surface area contributed by atoms with E-state index in [1.165, 1.54) is 5.56 Å². The van der Waals surface area contributed by atoms with E-state index in [-0.39, 0.29) is 12.0 Å². The molecule has 1 aromatic rings. The Hall–Kier alpha value is -0.870. The molecule has 4 heteroatoms. The molecule has 1 aromatic carbocycles. The third kappa shape index (κ3) is 2.21. The van der Waals surface area contributed by atoms with E-state index in [9.17, 15) is 9.90 Å². The van der Waals surface area contributed by atoms with Gasteiger partial charge in [-0.15, -0.1) is 0 Å². The van der Waals surface area contributed by atoms with Crippen molar-refractivity contribution in [3.8, 4) is 0 Å². The van der Waals surface area contributed by atoms with Gasteiger partial charge in [-0.25, -0.2) is 0 Å². The lowest BCUT2D eigenvalue weighted by atomic mass is 9.89. The molecule has 0 aliphatic carbocycles. The van der Waals surface area contributed by atoms with Gasteiger partial charge in [-0.05, 0) is 43.9 Å². The number of hydrogen-bond donors (Lipinski definition) is 1. The first-order chi connectivity index (χ1) is 9.08. The number of benzene rings is 1. The highest BCUT2D eigenvalue weighted by atomic mass is 79.9. The van der Waals surface area contributed by atoms with E-state index in [0.29, 0.717) is 12.1 Å². The molecule has 2 saturated heterocycles. The molecule has 2 aliphatic heterocycles. The Morgan fingerprint density at radius 2 is 2.05 bits per heavy atom. The number of hydrogen-bond acceptors (Lipinski definition) is 2. The second-order valence-corrected chi connectivity index (χ2v) is 6.57. The molecular weight excluding hydrogens is 306 g/mol. The van der Waals surface area contributed by atoms with Crippen molar-refractivity contribution in [3.63, 3.8) is 0 Å². The number of rotatable bonds is 3. The molecule has 0 spiro atoms. The standard InChI is InChI=1S/C15H18BrNO2/c1-9(10-2-4-11(16)5-3-10)17-12-6-7-14(17)13(8-12)15(18)19/h2-5,9,12-14H,6-8H2,1H3,(H,18,19). The first-order valence-electron chi connectivity index (χ1n) is 6.83. The molecule has 0 saturated carbocycles. The zero-order chi connectivity index (χ0) is 13.6. The maximum absolute atomic E-state index is 11.3. The SMILES string of the molecule is CC(c1ccc(Br)cc1)N1C2CCC1C(C(=O)O)C2. The lowest BCUT2D eigenvalue weighted by Crippen LogP contribution is -2.34. The van der Waals surface area contributed by atoms with Crippen LogP contribution in [-0.2, 0) is 4.79 Å². The van der Waals surface area contributed by atoms with Gasteiger partial charge in [0.15, 0.2) is 0 Å². The first-order valence-corrected chi connectivity index (χ1v) is 7.63. The summed E-state index contributed by atoms with van der Waals surface area (Å²) in [6, 6.07) is 9.34. The van der Waals surface area contributed by atoms with Gasteiger partial charge in [0.25, 0.3) is 0 Å². The van der Waals surface area contributed by atoms with E-state index >= 15 is 0 Å². The predicted molar refractivity (Wildman–Crippen MR) is 76.9 cm³/mol. The Kier molecular flexibility index (Phi) is 3.39. The second-order valence-electron chi connectivity index (χ2n) is 5.65. The van der Waals surface area contributed by atoms with Crippen LogP contribution in [0.4, 0.5) is 0 Å². The minimum absolute atomic E-state index is 0.170. The summed E-state index contributed by atoms with van der Waals surface area (Å²) in [7, 11) is 0. The third-order valence-corrected chi connectivity index (χ3v) is 5.24. The van der Waals surface area contributed by atoms with Crippen molar-refractivity contribution in [1.82, 2.24) is 4.90 Å². The molecule has 0 aromatic heterocycles. The van der Waals surface area contributed by atoms with Crippen LogP contribution in [0.25, 0.3) is 0 Å². The Bertz CT molecular complexity index is 487. The summed E-state index contributed by atoms with van der Waals surface area (Å²) in [5.41, 5.74) is 1.27. The third-order valence-electron chi connectivity index (χ3n) is 4.71. The monoisotopic (exact) mass is 323 g/mol. The highest BCUT2D eigenvalue weighted by Crippen LogP contribution is 2.46. The van der Waals surface area contributed by atoms with Gasteiger partial charge in [-0.2, -0.15) is 0 Å². The molecule has 102 valence electrons. The van der Waals surface area contributed by atoms with E-state index in [1.807, 2.05) is 0 Å². The highest BCUT2D eigenvalue weighted by Gasteiger charge is 2.50. The molecule has 3 nitrogen and oxygen atoms in total. The minimum Gasteiger partial charge on any atom is -0.481 e. The van der Waals surface area contributed by atoms with Crippen molar-refractivity contribution < 1.29 is 9.90 Å². The Labute approximate surface area is 121 Å². The summed E-state index contributed by atoms with van der Waals surface area (Å²) in [6.07, 6.45) is 3.00. The number of aliphatic carboxylic acids is 1. The number of fused-ring (bicyclic) bond motifs is 2. The van der Waals surface area contributed by atoms with Gasteiger partial charge >= 0.3 is 5.97 Å². The van der Waals surface area contributed by atoms with Crippen LogP contribution in [0.1, 0.15) is 37.8 Å². The normalized spacial score (nSPS) is 31.6. The van der Waals surface area contributed by atoms with Gasteiger partial charge in [0, 0.05) is 22.6 Å². The minimum atomic E-state index is -0.625.